The SMILES string of the molecule is Cc1cccc(OCCCOc2ccc(-c3ccccc3CCC(=O)NS(=O)(=O)c3cccs3)cc2)c1. The van der Waals surface area contributed by atoms with E-state index in [2.05, 4.69) is 4.72 Å². The Labute approximate surface area is 221 Å². The molecule has 0 radical (unpaired) electrons. The van der Waals surface area contributed by atoms with Gasteiger partial charge >= 0.3 is 0 Å². The molecule has 0 aliphatic carbocycles. The van der Waals surface area contributed by atoms with E-state index in [0.29, 0.717) is 19.6 Å². The van der Waals surface area contributed by atoms with Gasteiger partial charge < -0.3 is 9.47 Å². The van der Waals surface area contributed by atoms with Crippen molar-refractivity contribution in [2.24, 2.45) is 0 Å². The Bertz CT molecular complexity index is 1410. The second-order valence-corrected chi connectivity index (χ2v) is 11.4. The number of hydrogen-bond acceptors (Lipinski definition) is 6. The van der Waals surface area contributed by atoms with Crippen LogP contribution in [-0.2, 0) is 21.2 Å². The lowest BCUT2D eigenvalue weighted by molar-refractivity contribution is -0.119. The fourth-order valence-corrected chi connectivity index (χ4v) is 5.82. The molecule has 0 fully saturated rings. The van der Waals surface area contributed by atoms with Crippen LogP contribution in [0, 0.1) is 6.92 Å². The average Bonchev–Trinajstić information content (AvgIpc) is 3.44. The average molecular weight is 536 g/mol. The van der Waals surface area contributed by atoms with Crippen molar-refractivity contribution in [3.05, 3.63) is 101 Å². The highest BCUT2D eigenvalue weighted by Crippen LogP contribution is 2.27. The van der Waals surface area contributed by atoms with Crippen molar-refractivity contribution in [2.45, 2.75) is 30.4 Å². The summed E-state index contributed by atoms with van der Waals surface area (Å²) >= 11 is 1.07. The topological polar surface area (TPSA) is 81.7 Å². The van der Waals surface area contributed by atoms with Gasteiger partial charge in [-0.05, 0) is 71.3 Å². The van der Waals surface area contributed by atoms with Gasteiger partial charge in [-0.15, -0.1) is 11.3 Å². The van der Waals surface area contributed by atoms with Gasteiger partial charge in [0.1, 0.15) is 15.7 Å². The number of aryl methyl sites for hydroxylation is 2. The third kappa shape index (κ3) is 7.68. The predicted molar refractivity (Wildman–Crippen MR) is 147 cm³/mol. The van der Waals surface area contributed by atoms with Gasteiger partial charge in [0.15, 0.2) is 0 Å². The molecule has 1 amide bonds. The molecule has 0 saturated heterocycles. The zero-order valence-corrected chi connectivity index (χ0v) is 22.2. The van der Waals surface area contributed by atoms with Gasteiger partial charge in [-0.3, -0.25) is 4.79 Å². The van der Waals surface area contributed by atoms with Gasteiger partial charge in [0.25, 0.3) is 10.0 Å². The summed E-state index contributed by atoms with van der Waals surface area (Å²) in [5.74, 6) is 1.11. The zero-order chi connectivity index (χ0) is 26.1. The van der Waals surface area contributed by atoms with E-state index in [4.69, 9.17) is 9.47 Å². The second-order valence-electron chi connectivity index (χ2n) is 8.51. The summed E-state index contributed by atoms with van der Waals surface area (Å²) in [5.41, 5.74) is 4.13. The molecule has 4 rings (SSSR count). The lowest BCUT2D eigenvalue weighted by Gasteiger charge is -2.12. The van der Waals surface area contributed by atoms with Crippen molar-refractivity contribution >= 4 is 27.3 Å². The Morgan fingerprint density at radius 3 is 2.35 bits per heavy atom. The van der Waals surface area contributed by atoms with Crippen LogP contribution in [0.3, 0.4) is 0 Å². The fourth-order valence-electron chi connectivity index (χ4n) is 3.81. The maximum absolute atomic E-state index is 12.4. The third-order valence-corrected chi connectivity index (χ3v) is 8.40. The Kier molecular flexibility index (Phi) is 8.98. The van der Waals surface area contributed by atoms with Gasteiger partial charge in [-0.1, -0.05) is 54.6 Å². The summed E-state index contributed by atoms with van der Waals surface area (Å²) in [6.45, 7) is 3.16. The summed E-state index contributed by atoms with van der Waals surface area (Å²) in [6.07, 6.45) is 1.25. The highest BCUT2D eigenvalue weighted by molar-refractivity contribution is 7.92. The van der Waals surface area contributed by atoms with E-state index < -0.39 is 15.9 Å². The number of thiophene rings is 1. The van der Waals surface area contributed by atoms with Gasteiger partial charge in [-0.2, -0.15) is 0 Å². The Balaban J connectivity index is 1.28. The molecule has 0 atom stereocenters. The van der Waals surface area contributed by atoms with Crippen LogP contribution in [0.1, 0.15) is 24.0 Å². The van der Waals surface area contributed by atoms with Crippen molar-refractivity contribution in [3.63, 3.8) is 0 Å². The lowest BCUT2D eigenvalue weighted by Crippen LogP contribution is -2.30. The number of rotatable bonds is 12. The molecule has 1 heterocycles. The molecule has 0 saturated carbocycles. The Morgan fingerprint density at radius 2 is 1.62 bits per heavy atom. The number of hydrogen-bond donors (Lipinski definition) is 1. The summed E-state index contributed by atoms with van der Waals surface area (Å²) in [4.78, 5) is 12.4. The van der Waals surface area contributed by atoms with E-state index in [1.165, 1.54) is 11.6 Å². The predicted octanol–water partition coefficient (Wildman–Crippen LogP) is 6.01. The molecule has 37 heavy (non-hydrogen) atoms. The number of amides is 1. The summed E-state index contributed by atoms with van der Waals surface area (Å²) in [7, 11) is -3.82. The lowest BCUT2D eigenvalue weighted by atomic mass is 9.96. The zero-order valence-electron chi connectivity index (χ0n) is 20.6. The van der Waals surface area contributed by atoms with Crippen LogP contribution in [-0.4, -0.2) is 27.5 Å². The minimum atomic E-state index is -3.82. The number of nitrogens with one attached hydrogen (secondary N) is 1. The van der Waals surface area contributed by atoms with Crippen LogP contribution in [0.2, 0.25) is 0 Å². The van der Waals surface area contributed by atoms with E-state index in [0.717, 1.165) is 45.9 Å². The molecule has 0 unspecified atom stereocenters. The van der Waals surface area contributed by atoms with Crippen molar-refractivity contribution in [1.29, 1.82) is 0 Å². The molecule has 6 nitrogen and oxygen atoms in total. The van der Waals surface area contributed by atoms with Crippen molar-refractivity contribution in [1.82, 2.24) is 4.72 Å². The number of carbonyl (C=O) groups is 1. The molecule has 0 spiro atoms. The van der Waals surface area contributed by atoms with Gasteiger partial charge in [0, 0.05) is 12.8 Å². The van der Waals surface area contributed by atoms with Crippen molar-refractivity contribution in [3.8, 4) is 22.6 Å². The molecule has 4 aromatic rings. The first kappa shape index (κ1) is 26.4. The maximum atomic E-state index is 12.4. The molecule has 0 aliphatic heterocycles. The van der Waals surface area contributed by atoms with E-state index >= 15 is 0 Å². The Hall–Kier alpha value is -3.62. The van der Waals surface area contributed by atoms with Gasteiger partial charge in [0.2, 0.25) is 5.91 Å². The van der Waals surface area contributed by atoms with E-state index in [1.54, 1.807) is 11.4 Å². The van der Waals surface area contributed by atoms with Crippen molar-refractivity contribution < 1.29 is 22.7 Å². The van der Waals surface area contributed by atoms with Crippen LogP contribution in [0.25, 0.3) is 11.1 Å². The first-order valence-electron chi connectivity index (χ1n) is 12.0. The summed E-state index contributed by atoms with van der Waals surface area (Å²) in [5, 5.41) is 1.66. The standard InChI is InChI=1S/C29H29NO5S2/c1-22-7-4-9-26(21-22)35-19-6-18-34-25-15-12-24(13-16-25)27-10-3-2-8-23(27)14-17-28(31)30-37(32,33)29-11-5-20-36-29/h2-5,7-13,15-16,20-21H,6,14,17-19H2,1H3,(H,30,31). The van der Waals surface area contributed by atoms with Crippen LogP contribution in [0.4, 0.5) is 0 Å². The maximum Gasteiger partial charge on any atom is 0.273 e. The van der Waals surface area contributed by atoms with E-state index in [-0.39, 0.29) is 10.6 Å². The van der Waals surface area contributed by atoms with Gasteiger partial charge in [-0.25, -0.2) is 13.1 Å². The fraction of sp³-hybridized carbons (Fsp3) is 0.207. The molecule has 0 bridgehead atoms. The highest BCUT2D eigenvalue weighted by Gasteiger charge is 2.18. The number of ether oxygens (including phenoxy) is 2. The number of benzene rings is 3. The quantitative estimate of drug-likeness (QED) is 0.225. The molecule has 3 aromatic carbocycles. The van der Waals surface area contributed by atoms with Crippen LogP contribution in [0.5, 0.6) is 11.5 Å². The molecular weight excluding hydrogens is 506 g/mol. The van der Waals surface area contributed by atoms with E-state index in [9.17, 15) is 13.2 Å². The monoisotopic (exact) mass is 535 g/mol. The summed E-state index contributed by atoms with van der Waals surface area (Å²) < 4.78 is 38.5. The number of carbonyl (C=O) groups excluding carboxylic acids is 1. The van der Waals surface area contributed by atoms with Crippen LogP contribution >= 0.6 is 11.3 Å². The molecule has 1 N–H and O–H groups in total. The van der Waals surface area contributed by atoms with E-state index in [1.807, 2.05) is 79.7 Å². The molecule has 192 valence electrons. The third-order valence-electron chi connectivity index (χ3n) is 5.63. The molecular formula is C29H29NO5S2. The summed E-state index contributed by atoms with van der Waals surface area (Å²) in [6, 6.07) is 26.7. The minimum absolute atomic E-state index is 0.0629. The second kappa shape index (κ2) is 12.6. The van der Waals surface area contributed by atoms with Crippen LogP contribution in [0.15, 0.2) is 94.5 Å². The normalized spacial score (nSPS) is 11.2. The van der Waals surface area contributed by atoms with Crippen LogP contribution < -0.4 is 14.2 Å². The Morgan fingerprint density at radius 1 is 0.865 bits per heavy atom. The first-order chi connectivity index (χ1) is 17.9. The smallest absolute Gasteiger partial charge is 0.273 e. The van der Waals surface area contributed by atoms with Crippen molar-refractivity contribution in [2.75, 3.05) is 13.2 Å². The molecule has 8 heteroatoms. The minimum Gasteiger partial charge on any atom is -0.493 e. The number of sulfonamides is 1. The van der Waals surface area contributed by atoms with Gasteiger partial charge in [0.05, 0.1) is 13.2 Å². The molecule has 1 aromatic heterocycles. The first-order valence-corrected chi connectivity index (χ1v) is 14.4. The largest absolute Gasteiger partial charge is 0.493 e. The highest BCUT2D eigenvalue weighted by atomic mass is 32.2. The molecule has 0 aliphatic rings.